The molecule has 0 aliphatic carbocycles. The number of rotatable bonds is 13. The molecule has 2 unspecified atom stereocenters. The predicted octanol–water partition coefficient (Wildman–Crippen LogP) is 6.93. The molecule has 0 radical (unpaired) electrons. The van der Waals surface area contributed by atoms with Gasteiger partial charge in [0.1, 0.15) is 35.2 Å². The summed E-state index contributed by atoms with van der Waals surface area (Å²) < 4.78 is 15.2. The highest BCUT2D eigenvalue weighted by Crippen LogP contribution is 2.36. The fourth-order valence-electron chi connectivity index (χ4n) is 7.60. The number of aryl methyl sites for hydroxylation is 2. The van der Waals surface area contributed by atoms with Gasteiger partial charge in [0.05, 0.1) is 49.9 Å². The monoisotopic (exact) mass is 844 g/mol. The average Bonchev–Trinajstić information content (AvgIpc) is 3.78. The first kappa shape index (κ1) is 40.4. The number of aliphatic imine (C=N–C) groups is 2. The van der Waals surface area contributed by atoms with Crippen LogP contribution in [-0.2, 0) is 16.0 Å². The Morgan fingerprint density at radius 3 is 1.70 bits per heavy atom. The molecule has 4 heterocycles. The lowest BCUT2D eigenvalue weighted by Crippen LogP contribution is -2.27. The van der Waals surface area contributed by atoms with E-state index in [2.05, 4.69) is 31.0 Å². The molecule has 14 nitrogen and oxygen atoms in total. The van der Waals surface area contributed by atoms with Gasteiger partial charge in [0, 0.05) is 51.8 Å². The Morgan fingerprint density at radius 2 is 1.17 bits per heavy atom. The van der Waals surface area contributed by atoms with E-state index in [9.17, 15) is 9.59 Å². The van der Waals surface area contributed by atoms with Crippen LogP contribution in [0.4, 0.5) is 0 Å². The molecule has 16 heteroatoms. The van der Waals surface area contributed by atoms with Gasteiger partial charge in [0.25, 0.3) is 0 Å². The van der Waals surface area contributed by atoms with E-state index >= 15 is 0 Å². The maximum Gasteiger partial charge on any atom is 0.222 e. The highest BCUT2D eigenvalue weighted by atomic mass is 35.5. The van der Waals surface area contributed by atoms with Gasteiger partial charge in [-0.05, 0) is 80.9 Å². The number of carbonyl (C=O) groups excluding carboxylic acids is 2. The molecule has 60 heavy (non-hydrogen) atoms. The van der Waals surface area contributed by atoms with Crippen LogP contribution in [0.5, 0.6) is 11.5 Å². The molecule has 0 fully saturated rings. The van der Waals surface area contributed by atoms with Gasteiger partial charge in [-0.25, -0.2) is 0 Å². The van der Waals surface area contributed by atoms with Crippen LogP contribution in [0.15, 0.2) is 94.9 Å². The topological polar surface area (TPSA) is 163 Å². The molecule has 4 aromatic carbocycles. The number of ether oxygens (including phenoxy) is 2. The standard InChI is InChI=1S/C44H42Cl2N10O4/c1-5-47-39(57)23-35-44-54-52-38(56(44)37-19-17-31(60-4)22-33(37)42(50-35)27-10-14-29(46)15-11-27)7-6-20-48-40(58)24-34-43-53-51-25(2)55(43)36-18-16-30(59-3)21-32(36)41(49-34)26-8-12-28(45)13-9-26/h8-19,21-22,34-35H,5-7,20,23-24H2,1-4H3,(H,47,57)(H,48,58). The summed E-state index contributed by atoms with van der Waals surface area (Å²) in [7, 11) is 3.23. The number of halogens is 2. The molecule has 6 aromatic rings. The van der Waals surface area contributed by atoms with Crippen molar-refractivity contribution in [3.05, 3.63) is 141 Å². The van der Waals surface area contributed by atoms with E-state index in [0.717, 1.165) is 33.6 Å². The summed E-state index contributed by atoms with van der Waals surface area (Å²) in [6, 6.07) is 25.1. The van der Waals surface area contributed by atoms with Gasteiger partial charge in [0.2, 0.25) is 11.8 Å². The Bertz CT molecular complexity index is 2640. The second-order valence-electron chi connectivity index (χ2n) is 14.3. The van der Waals surface area contributed by atoms with E-state index in [1.165, 1.54) is 0 Å². The Hall–Kier alpha value is -6.38. The van der Waals surface area contributed by atoms with Crippen LogP contribution in [0.2, 0.25) is 10.0 Å². The van der Waals surface area contributed by atoms with Crippen molar-refractivity contribution in [1.29, 1.82) is 0 Å². The van der Waals surface area contributed by atoms with Gasteiger partial charge in [-0.1, -0.05) is 47.5 Å². The summed E-state index contributed by atoms with van der Waals surface area (Å²) in [4.78, 5) is 37.2. The van der Waals surface area contributed by atoms with Crippen LogP contribution in [0, 0.1) is 6.92 Å². The molecule has 0 spiro atoms. The summed E-state index contributed by atoms with van der Waals surface area (Å²) >= 11 is 12.5. The molecule has 0 saturated carbocycles. The minimum atomic E-state index is -0.646. The van der Waals surface area contributed by atoms with Crippen LogP contribution in [0.25, 0.3) is 11.4 Å². The van der Waals surface area contributed by atoms with E-state index in [0.29, 0.717) is 82.2 Å². The quantitative estimate of drug-likeness (QED) is 0.118. The Morgan fingerprint density at radius 1 is 0.667 bits per heavy atom. The maximum absolute atomic E-state index is 13.8. The van der Waals surface area contributed by atoms with Crippen LogP contribution >= 0.6 is 23.2 Å². The molecule has 2 aliphatic rings. The molecule has 8 rings (SSSR count). The molecular formula is C44H42Cl2N10O4. The van der Waals surface area contributed by atoms with E-state index in [-0.39, 0.29) is 24.7 Å². The molecule has 2 amide bonds. The first-order valence-electron chi connectivity index (χ1n) is 19.6. The molecular weight excluding hydrogens is 803 g/mol. The Kier molecular flexibility index (Phi) is 11.8. The van der Waals surface area contributed by atoms with E-state index in [1.54, 1.807) is 14.2 Å². The summed E-state index contributed by atoms with van der Waals surface area (Å²) in [5.41, 5.74) is 6.25. The lowest BCUT2D eigenvalue weighted by molar-refractivity contribution is -0.122. The van der Waals surface area contributed by atoms with Crippen LogP contribution in [0.1, 0.15) is 83.8 Å². The maximum atomic E-state index is 13.8. The summed E-state index contributed by atoms with van der Waals surface area (Å²) in [5, 5.41) is 25.3. The van der Waals surface area contributed by atoms with Gasteiger partial charge < -0.3 is 20.1 Å². The first-order chi connectivity index (χ1) is 29.1. The number of hydrogen-bond donors (Lipinski definition) is 2. The minimum absolute atomic E-state index is 0.0300. The van der Waals surface area contributed by atoms with Crippen molar-refractivity contribution in [2.75, 3.05) is 27.3 Å². The number of amides is 2. The lowest BCUT2D eigenvalue weighted by atomic mass is 10.00. The minimum Gasteiger partial charge on any atom is -0.497 e. The van der Waals surface area contributed by atoms with Crippen molar-refractivity contribution in [2.24, 2.45) is 9.98 Å². The van der Waals surface area contributed by atoms with Crippen molar-refractivity contribution in [3.8, 4) is 22.9 Å². The van der Waals surface area contributed by atoms with Crippen LogP contribution in [-0.4, -0.2) is 80.1 Å². The van der Waals surface area contributed by atoms with Crippen LogP contribution in [0.3, 0.4) is 0 Å². The number of benzene rings is 4. The highest BCUT2D eigenvalue weighted by Gasteiger charge is 2.32. The molecule has 2 aliphatic heterocycles. The van der Waals surface area contributed by atoms with Crippen molar-refractivity contribution < 1.29 is 19.1 Å². The van der Waals surface area contributed by atoms with E-state index in [4.69, 9.17) is 42.7 Å². The van der Waals surface area contributed by atoms with Crippen molar-refractivity contribution in [2.45, 2.75) is 51.6 Å². The van der Waals surface area contributed by atoms with Gasteiger partial charge in [-0.3, -0.25) is 28.7 Å². The van der Waals surface area contributed by atoms with Crippen molar-refractivity contribution in [1.82, 2.24) is 40.2 Å². The Labute approximate surface area is 356 Å². The summed E-state index contributed by atoms with van der Waals surface area (Å²) in [5.74, 6) is 3.39. The highest BCUT2D eigenvalue weighted by molar-refractivity contribution is 6.31. The van der Waals surface area contributed by atoms with Gasteiger partial charge in [-0.15, -0.1) is 20.4 Å². The number of fused-ring (bicyclic) bond motifs is 6. The number of aromatic nitrogens is 6. The third kappa shape index (κ3) is 8.12. The Balaban J connectivity index is 1.05. The summed E-state index contributed by atoms with van der Waals surface area (Å²) in [6.07, 6.45) is 1.11. The zero-order valence-corrected chi connectivity index (χ0v) is 35.0. The third-order valence-electron chi connectivity index (χ3n) is 10.4. The lowest BCUT2D eigenvalue weighted by Gasteiger charge is -2.15. The van der Waals surface area contributed by atoms with Gasteiger partial charge >= 0.3 is 0 Å². The molecule has 2 atom stereocenters. The fourth-order valence-corrected chi connectivity index (χ4v) is 7.85. The molecule has 2 N–H and O–H groups in total. The summed E-state index contributed by atoms with van der Waals surface area (Å²) in [6.45, 7) is 4.59. The van der Waals surface area contributed by atoms with Gasteiger partial charge in [-0.2, -0.15) is 0 Å². The van der Waals surface area contributed by atoms with Crippen LogP contribution < -0.4 is 20.1 Å². The van der Waals surface area contributed by atoms with Crippen molar-refractivity contribution >= 4 is 46.4 Å². The molecule has 306 valence electrons. The van der Waals surface area contributed by atoms with Gasteiger partial charge in [0.15, 0.2) is 11.6 Å². The number of hydrogen-bond acceptors (Lipinski definition) is 10. The number of nitrogens with one attached hydrogen (secondary N) is 2. The van der Waals surface area contributed by atoms with E-state index < -0.39 is 12.1 Å². The number of nitrogens with zero attached hydrogens (tertiary/aromatic N) is 8. The second kappa shape index (κ2) is 17.5. The second-order valence-corrected chi connectivity index (χ2v) is 15.2. The molecule has 2 aromatic heterocycles. The zero-order chi connectivity index (χ0) is 41.9. The van der Waals surface area contributed by atoms with E-state index in [1.807, 2.05) is 108 Å². The smallest absolute Gasteiger partial charge is 0.222 e. The SMILES string of the molecule is CCNC(=O)CC1N=C(c2ccc(Cl)cc2)c2cc(OC)ccc2-n2c(CCCNC(=O)CC3N=C(c4ccc(Cl)cc4)c4cc(OC)ccc4-n4c(C)nnc43)nnc21. The first-order valence-corrected chi connectivity index (χ1v) is 20.4. The molecule has 0 saturated heterocycles. The normalized spacial score (nSPS) is 15.2. The van der Waals surface area contributed by atoms with Crippen molar-refractivity contribution in [3.63, 3.8) is 0 Å². The number of methoxy groups -OCH3 is 2. The number of carbonyl (C=O) groups is 2. The fraction of sp³-hybridized carbons (Fsp3) is 0.273. The largest absolute Gasteiger partial charge is 0.497 e. The zero-order valence-electron chi connectivity index (χ0n) is 33.4. The third-order valence-corrected chi connectivity index (χ3v) is 10.9. The molecule has 0 bridgehead atoms. The average molecular weight is 846 g/mol. The predicted molar refractivity (Wildman–Crippen MR) is 229 cm³/mol.